The molecule has 2 aliphatic heterocycles. The summed E-state index contributed by atoms with van der Waals surface area (Å²) in [5, 5.41) is 0. The summed E-state index contributed by atoms with van der Waals surface area (Å²) in [5.74, 6) is 0. The van der Waals surface area contributed by atoms with Gasteiger partial charge in [0.1, 0.15) is 0 Å². The molecule has 3 heteroatoms. The molecule has 3 nitrogen and oxygen atoms in total. The van der Waals surface area contributed by atoms with E-state index in [1.54, 1.807) is 0 Å². The molecule has 2 aliphatic rings. The van der Waals surface area contributed by atoms with Gasteiger partial charge in [-0.3, -0.25) is 4.90 Å². The van der Waals surface area contributed by atoms with Gasteiger partial charge >= 0.3 is 0 Å². The Morgan fingerprint density at radius 1 is 0.864 bits per heavy atom. The summed E-state index contributed by atoms with van der Waals surface area (Å²) in [7, 11) is 0. The van der Waals surface area contributed by atoms with E-state index in [4.69, 9.17) is 4.74 Å². The van der Waals surface area contributed by atoms with E-state index >= 15 is 0 Å². The first-order valence-electron chi connectivity index (χ1n) is 8.15. The highest BCUT2D eigenvalue weighted by Gasteiger charge is 2.19. The van der Waals surface area contributed by atoms with Gasteiger partial charge in [-0.2, -0.15) is 0 Å². The van der Waals surface area contributed by atoms with Gasteiger partial charge in [-0.1, -0.05) is 30.3 Å². The summed E-state index contributed by atoms with van der Waals surface area (Å²) < 4.78 is 5.41. The number of nitrogens with zero attached hydrogens (tertiary/aromatic N) is 2. The van der Waals surface area contributed by atoms with Crippen molar-refractivity contribution in [3.05, 3.63) is 59.7 Å². The van der Waals surface area contributed by atoms with Gasteiger partial charge in [0, 0.05) is 37.6 Å². The average Bonchev–Trinajstić information content (AvgIpc) is 3.01. The zero-order chi connectivity index (χ0) is 14.8. The highest BCUT2D eigenvalue weighted by Crippen LogP contribution is 2.34. The van der Waals surface area contributed by atoms with Crippen LogP contribution in [0.2, 0.25) is 0 Å². The molecular weight excluding hydrogens is 272 g/mol. The smallest absolute Gasteiger partial charge is 0.0594 e. The van der Waals surface area contributed by atoms with E-state index < -0.39 is 0 Å². The van der Waals surface area contributed by atoms with E-state index in [9.17, 15) is 0 Å². The maximum atomic E-state index is 5.41. The molecule has 2 aromatic carbocycles. The lowest BCUT2D eigenvalue weighted by molar-refractivity contribution is 0.0342. The Labute approximate surface area is 132 Å². The van der Waals surface area contributed by atoms with Crippen molar-refractivity contribution in [3.63, 3.8) is 0 Å². The summed E-state index contributed by atoms with van der Waals surface area (Å²) in [6, 6.07) is 17.8. The number of morpholine rings is 1. The first-order chi connectivity index (χ1) is 10.9. The highest BCUT2D eigenvalue weighted by molar-refractivity contribution is 5.69. The molecular formula is C19H22N2O. The number of ether oxygens (including phenoxy) is 1. The lowest BCUT2D eigenvalue weighted by Gasteiger charge is -2.27. The van der Waals surface area contributed by atoms with Crippen molar-refractivity contribution in [1.29, 1.82) is 0 Å². The zero-order valence-corrected chi connectivity index (χ0v) is 12.9. The van der Waals surface area contributed by atoms with Crippen molar-refractivity contribution in [2.75, 3.05) is 37.7 Å². The second kappa shape index (κ2) is 6.11. The number of para-hydroxylation sites is 1. The Kier molecular flexibility index (Phi) is 3.83. The van der Waals surface area contributed by atoms with Crippen LogP contribution in [0.15, 0.2) is 48.5 Å². The van der Waals surface area contributed by atoms with E-state index in [1.165, 1.54) is 22.5 Å². The number of anilines is 2. The highest BCUT2D eigenvalue weighted by atomic mass is 16.5. The van der Waals surface area contributed by atoms with E-state index in [-0.39, 0.29) is 0 Å². The van der Waals surface area contributed by atoms with Crippen LogP contribution in [0.5, 0.6) is 0 Å². The van der Waals surface area contributed by atoms with Crippen LogP contribution < -0.4 is 4.90 Å². The molecule has 4 rings (SSSR count). The van der Waals surface area contributed by atoms with Crippen LogP contribution in [-0.4, -0.2) is 37.7 Å². The number of hydrogen-bond donors (Lipinski definition) is 0. The van der Waals surface area contributed by atoms with Gasteiger partial charge in [0.05, 0.1) is 13.2 Å². The molecule has 0 saturated carbocycles. The van der Waals surface area contributed by atoms with Crippen molar-refractivity contribution in [2.24, 2.45) is 0 Å². The third kappa shape index (κ3) is 2.74. The van der Waals surface area contributed by atoms with Crippen LogP contribution in [-0.2, 0) is 17.7 Å². The first-order valence-corrected chi connectivity index (χ1v) is 8.15. The standard InChI is InChI=1S/C19H22N2O/c1-2-4-19-17(3-1)9-10-21(19)18-7-5-16(6-8-18)15-20-11-13-22-14-12-20/h1-8H,9-15H2. The maximum Gasteiger partial charge on any atom is 0.0594 e. The van der Waals surface area contributed by atoms with E-state index in [0.29, 0.717) is 0 Å². The second-order valence-electron chi connectivity index (χ2n) is 6.09. The summed E-state index contributed by atoms with van der Waals surface area (Å²) in [6.45, 7) is 5.93. The maximum absolute atomic E-state index is 5.41. The fraction of sp³-hybridized carbons (Fsp3) is 0.368. The molecule has 2 heterocycles. The Morgan fingerprint density at radius 3 is 2.45 bits per heavy atom. The van der Waals surface area contributed by atoms with Crippen molar-refractivity contribution in [2.45, 2.75) is 13.0 Å². The SMILES string of the molecule is c1ccc2c(c1)CCN2c1ccc(CN2CCOCC2)cc1. The number of benzene rings is 2. The minimum atomic E-state index is 0.864. The van der Waals surface area contributed by atoms with Gasteiger partial charge in [-0.05, 0) is 35.7 Å². The summed E-state index contributed by atoms with van der Waals surface area (Å²) >= 11 is 0. The van der Waals surface area contributed by atoms with Crippen LogP contribution in [0.25, 0.3) is 0 Å². The second-order valence-corrected chi connectivity index (χ2v) is 6.09. The Balaban J connectivity index is 1.48. The Bertz CT molecular complexity index is 632. The van der Waals surface area contributed by atoms with Gasteiger partial charge in [0.2, 0.25) is 0 Å². The van der Waals surface area contributed by atoms with Crippen molar-refractivity contribution in [3.8, 4) is 0 Å². The predicted octanol–water partition coefficient (Wildman–Crippen LogP) is 3.21. The number of fused-ring (bicyclic) bond motifs is 1. The van der Waals surface area contributed by atoms with E-state index in [0.717, 1.165) is 45.8 Å². The Hall–Kier alpha value is -1.84. The third-order valence-electron chi connectivity index (χ3n) is 4.65. The molecule has 0 atom stereocenters. The van der Waals surface area contributed by atoms with Crippen LogP contribution in [0.4, 0.5) is 11.4 Å². The van der Waals surface area contributed by atoms with E-state index in [1.807, 2.05) is 0 Å². The fourth-order valence-corrected chi connectivity index (χ4v) is 3.41. The van der Waals surface area contributed by atoms with Gasteiger partial charge in [0.25, 0.3) is 0 Å². The Morgan fingerprint density at radius 2 is 1.64 bits per heavy atom. The van der Waals surface area contributed by atoms with Crippen molar-refractivity contribution in [1.82, 2.24) is 4.90 Å². The quantitative estimate of drug-likeness (QED) is 0.864. The molecule has 22 heavy (non-hydrogen) atoms. The third-order valence-corrected chi connectivity index (χ3v) is 4.65. The molecule has 0 spiro atoms. The number of rotatable bonds is 3. The fourth-order valence-electron chi connectivity index (χ4n) is 3.41. The van der Waals surface area contributed by atoms with Crippen LogP contribution in [0.3, 0.4) is 0 Å². The minimum absolute atomic E-state index is 0.864. The molecule has 114 valence electrons. The van der Waals surface area contributed by atoms with Gasteiger partial charge in [-0.15, -0.1) is 0 Å². The van der Waals surface area contributed by atoms with Gasteiger partial charge in [0.15, 0.2) is 0 Å². The molecule has 1 fully saturated rings. The van der Waals surface area contributed by atoms with Gasteiger partial charge in [-0.25, -0.2) is 0 Å². The average molecular weight is 294 g/mol. The van der Waals surface area contributed by atoms with Gasteiger partial charge < -0.3 is 9.64 Å². The first kappa shape index (κ1) is 13.8. The summed E-state index contributed by atoms with van der Waals surface area (Å²) in [4.78, 5) is 4.89. The molecule has 0 radical (unpaired) electrons. The number of hydrogen-bond acceptors (Lipinski definition) is 3. The molecule has 0 aromatic heterocycles. The zero-order valence-electron chi connectivity index (χ0n) is 12.9. The van der Waals surface area contributed by atoms with Crippen LogP contribution in [0, 0.1) is 0 Å². The lowest BCUT2D eigenvalue weighted by atomic mass is 10.1. The van der Waals surface area contributed by atoms with Crippen molar-refractivity contribution < 1.29 is 4.74 Å². The summed E-state index contributed by atoms with van der Waals surface area (Å²) in [5.41, 5.74) is 5.51. The minimum Gasteiger partial charge on any atom is -0.379 e. The molecule has 0 amide bonds. The molecule has 0 bridgehead atoms. The normalized spacial score (nSPS) is 18.5. The van der Waals surface area contributed by atoms with Crippen LogP contribution in [0.1, 0.15) is 11.1 Å². The van der Waals surface area contributed by atoms with Crippen molar-refractivity contribution >= 4 is 11.4 Å². The summed E-state index contributed by atoms with van der Waals surface area (Å²) in [6.07, 6.45) is 1.14. The molecule has 1 saturated heterocycles. The lowest BCUT2D eigenvalue weighted by Crippen LogP contribution is -2.35. The monoisotopic (exact) mass is 294 g/mol. The predicted molar refractivity (Wildman–Crippen MR) is 89.7 cm³/mol. The molecule has 0 unspecified atom stereocenters. The molecule has 0 aliphatic carbocycles. The topological polar surface area (TPSA) is 15.7 Å². The van der Waals surface area contributed by atoms with E-state index in [2.05, 4.69) is 58.3 Å². The van der Waals surface area contributed by atoms with Crippen LogP contribution >= 0.6 is 0 Å². The molecule has 2 aromatic rings. The molecule has 0 N–H and O–H groups in total. The largest absolute Gasteiger partial charge is 0.379 e.